The molecular weight excluding hydrogens is 463 g/mol. The fraction of sp³-hybridized carbons (Fsp3) is 0.591. The van der Waals surface area contributed by atoms with Gasteiger partial charge in [-0.25, -0.2) is 0 Å². The number of benzene rings is 1. The Hall–Kier alpha value is -1.28. The van der Waals surface area contributed by atoms with Crippen LogP contribution in [0.25, 0.3) is 10.9 Å². The van der Waals surface area contributed by atoms with Crippen LogP contribution in [0.5, 0.6) is 0 Å². The summed E-state index contributed by atoms with van der Waals surface area (Å²) in [6.07, 6.45) is 5.72. The first kappa shape index (κ1) is 23.0. The van der Waals surface area contributed by atoms with E-state index >= 15 is 0 Å². The second-order valence-electron chi connectivity index (χ2n) is 8.55. The number of hydrogen-bond acceptors (Lipinski definition) is 2. The van der Waals surface area contributed by atoms with Crippen LogP contribution in [0.15, 0.2) is 35.5 Å². The lowest BCUT2D eigenvalue weighted by Gasteiger charge is -2.40. The summed E-state index contributed by atoms with van der Waals surface area (Å²) in [7, 11) is 1.83. The van der Waals surface area contributed by atoms with Crippen LogP contribution in [0.2, 0.25) is 0 Å². The third-order valence-electron chi connectivity index (χ3n) is 5.42. The van der Waals surface area contributed by atoms with Crippen LogP contribution in [0.3, 0.4) is 0 Å². The third kappa shape index (κ3) is 5.86. The molecule has 2 heterocycles. The normalized spacial score (nSPS) is 20.6. The molecule has 1 aliphatic rings. The van der Waals surface area contributed by atoms with E-state index in [1.54, 1.807) is 0 Å². The highest BCUT2D eigenvalue weighted by atomic mass is 127. The van der Waals surface area contributed by atoms with Crippen LogP contribution in [0.1, 0.15) is 39.2 Å². The topological polar surface area (TPSA) is 61.4 Å². The Bertz CT molecular complexity index is 765. The number of aliphatic imine (C=N–C) groups is 1. The van der Waals surface area contributed by atoms with E-state index in [2.05, 4.69) is 71.8 Å². The van der Waals surface area contributed by atoms with E-state index in [1.807, 2.05) is 7.05 Å². The smallest absolute Gasteiger partial charge is 0.190 e. The number of hydrogen-bond donors (Lipinski definition) is 3. The number of H-pyrrole nitrogens is 1. The summed E-state index contributed by atoms with van der Waals surface area (Å²) in [5.41, 5.74) is 2.70. The number of fused-ring (bicyclic) bond motifs is 1. The van der Waals surface area contributed by atoms with Gasteiger partial charge in [0.25, 0.3) is 0 Å². The SMILES string of the molecule is CN=C(NCCc1c[nH]c2ccccc12)NCC1CCCOC1C(C)(C)C.I. The lowest BCUT2D eigenvalue weighted by Crippen LogP contribution is -2.47. The molecule has 0 amide bonds. The largest absolute Gasteiger partial charge is 0.377 e. The van der Waals surface area contributed by atoms with Crippen molar-refractivity contribution in [2.24, 2.45) is 16.3 Å². The predicted molar refractivity (Wildman–Crippen MR) is 129 cm³/mol. The molecule has 1 saturated heterocycles. The molecule has 0 spiro atoms. The van der Waals surface area contributed by atoms with Crippen molar-refractivity contribution in [2.75, 3.05) is 26.7 Å². The zero-order chi connectivity index (χ0) is 19.3. The number of aromatic amines is 1. The van der Waals surface area contributed by atoms with Crippen LogP contribution in [0.4, 0.5) is 0 Å². The average molecular weight is 498 g/mol. The van der Waals surface area contributed by atoms with Crippen molar-refractivity contribution < 1.29 is 4.74 Å². The molecule has 2 unspecified atom stereocenters. The maximum absolute atomic E-state index is 6.09. The molecule has 1 fully saturated rings. The Kier molecular flexibility index (Phi) is 8.61. The standard InChI is InChI=1S/C22H34N4O.HI/c1-22(2,3)20-17(8-7-13-27-20)15-26-21(23-4)24-12-11-16-14-25-19-10-6-5-9-18(16)19;/h5-6,9-10,14,17,20,25H,7-8,11-13,15H2,1-4H3,(H2,23,24,26);1H. The summed E-state index contributed by atoms with van der Waals surface area (Å²) in [6, 6.07) is 8.44. The third-order valence-corrected chi connectivity index (χ3v) is 5.42. The maximum Gasteiger partial charge on any atom is 0.190 e. The molecule has 6 heteroatoms. The number of nitrogens with zero attached hydrogens (tertiary/aromatic N) is 1. The zero-order valence-corrected chi connectivity index (χ0v) is 19.9. The monoisotopic (exact) mass is 498 g/mol. The number of aromatic nitrogens is 1. The summed E-state index contributed by atoms with van der Waals surface area (Å²) in [5, 5.41) is 8.26. The van der Waals surface area contributed by atoms with Crippen LogP contribution < -0.4 is 10.6 Å². The van der Waals surface area contributed by atoms with Crippen molar-refractivity contribution in [3.63, 3.8) is 0 Å². The van der Waals surface area contributed by atoms with Gasteiger partial charge in [-0.3, -0.25) is 4.99 Å². The Balaban J connectivity index is 0.00000280. The Morgan fingerprint density at radius 1 is 1.25 bits per heavy atom. The number of rotatable bonds is 5. The van der Waals surface area contributed by atoms with E-state index in [4.69, 9.17) is 4.74 Å². The van der Waals surface area contributed by atoms with Gasteiger partial charge >= 0.3 is 0 Å². The van der Waals surface area contributed by atoms with Crippen LogP contribution >= 0.6 is 24.0 Å². The van der Waals surface area contributed by atoms with Gasteiger partial charge in [0.05, 0.1) is 6.10 Å². The molecule has 2 aromatic rings. The molecule has 1 aromatic carbocycles. The molecule has 5 nitrogen and oxygen atoms in total. The van der Waals surface area contributed by atoms with Gasteiger partial charge in [0.15, 0.2) is 5.96 Å². The van der Waals surface area contributed by atoms with Crippen molar-refractivity contribution in [3.8, 4) is 0 Å². The highest BCUT2D eigenvalue weighted by Crippen LogP contribution is 2.33. The van der Waals surface area contributed by atoms with Gasteiger partial charge in [-0.2, -0.15) is 0 Å². The Morgan fingerprint density at radius 2 is 2.04 bits per heavy atom. The predicted octanol–water partition coefficient (Wildman–Crippen LogP) is 4.33. The van der Waals surface area contributed by atoms with E-state index in [0.717, 1.165) is 38.5 Å². The van der Waals surface area contributed by atoms with Gasteiger partial charge < -0.3 is 20.4 Å². The van der Waals surface area contributed by atoms with Gasteiger partial charge in [0.1, 0.15) is 0 Å². The minimum absolute atomic E-state index is 0. The number of ether oxygens (including phenoxy) is 1. The van der Waals surface area contributed by atoms with Gasteiger partial charge in [-0.05, 0) is 36.3 Å². The molecule has 1 aliphatic heterocycles. The van der Waals surface area contributed by atoms with Crippen molar-refractivity contribution in [1.29, 1.82) is 0 Å². The highest BCUT2D eigenvalue weighted by Gasteiger charge is 2.35. The van der Waals surface area contributed by atoms with Crippen molar-refractivity contribution in [3.05, 3.63) is 36.0 Å². The number of guanidine groups is 1. The first-order valence-electron chi connectivity index (χ1n) is 10.1. The molecule has 0 radical (unpaired) electrons. The van der Waals surface area contributed by atoms with Crippen molar-refractivity contribution in [1.82, 2.24) is 15.6 Å². The molecule has 0 saturated carbocycles. The molecule has 156 valence electrons. The Morgan fingerprint density at radius 3 is 2.79 bits per heavy atom. The highest BCUT2D eigenvalue weighted by molar-refractivity contribution is 14.0. The van der Waals surface area contributed by atoms with Gasteiger partial charge in [0, 0.05) is 49.8 Å². The molecule has 1 aromatic heterocycles. The summed E-state index contributed by atoms with van der Waals surface area (Å²) in [5.74, 6) is 1.39. The fourth-order valence-electron chi connectivity index (χ4n) is 4.11. The van der Waals surface area contributed by atoms with E-state index in [1.165, 1.54) is 22.9 Å². The van der Waals surface area contributed by atoms with Crippen molar-refractivity contribution in [2.45, 2.75) is 46.1 Å². The van der Waals surface area contributed by atoms with Gasteiger partial charge in [-0.1, -0.05) is 39.0 Å². The number of nitrogens with one attached hydrogen (secondary N) is 3. The molecule has 3 rings (SSSR count). The lowest BCUT2D eigenvalue weighted by atomic mass is 9.78. The summed E-state index contributed by atoms with van der Waals surface area (Å²) in [6.45, 7) is 9.44. The molecular formula is C22H35IN4O. The lowest BCUT2D eigenvalue weighted by molar-refractivity contribution is -0.0835. The average Bonchev–Trinajstić information content (AvgIpc) is 3.07. The van der Waals surface area contributed by atoms with Crippen LogP contribution in [-0.2, 0) is 11.2 Å². The van der Waals surface area contributed by atoms with Crippen molar-refractivity contribution >= 4 is 40.8 Å². The first-order valence-corrected chi connectivity index (χ1v) is 10.1. The molecule has 0 bridgehead atoms. The molecule has 3 N–H and O–H groups in total. The fourth-order valence-corrected chi connectivity index (χ4v) is 4.11. The first-order chi connectivity index (χ1) is 13.0. The van der Waals surface area contributed by atoms with Gasteiger partial charge in [-0.15, -0.1) is 24.0 Å². The minimum atomic E-state index is 0. The molecule has 0 aliphatic carbocycles. The number of para-hydroxylation sites is 1. The van der Waals surface area contributed by atoms with Crippen LogP contribution in [0, 0.1) is 11.3 Å². The van der Waals surface area contributed by atoms with E-state index in [9.17, 15) is 0 Å². The Labute approximate surface area is 186 Å². The van der Waals surface area contributed by atoms with E-state index < -0.39 is 0 Å². The second-order valence-corrected chi connectivity index (χ2v) is 8.55. The maximum atomic E-state index is 6.09. The molecule has 2 atom stereocenters. The van der Waals surface area contributed by atoms with E-state index in [-0.39, 0.29) is 29.4 Å². The summed E-state index contributed by atoms with van der Waals surface area (Å²) < 4.78 is 6.09. The molecule has 28 heavy (non-hydrogen) atoms. The minimum Gasteiger partial charge on any atom is -0.377 e. The summed E-state index contributed by atoms with van der Waals surface area (Å²) >= 11 is 0. The zero-order valence-electron chi connectivity index (χ0n) is 17.5. The van der Waals surface area contributed by atoms with Crippen LogP contribution in [-0.4, -0.2) is 43.8 Å². The number of halogens is 1. The van der Waals surface area contributed by atoms with Gasteiger partial charge in [0.2, 0.25) is 0 Å². The summed E-state index contributed by atoms with van der Waals surface area (Å²) in [4.78, 5) is 7.73. The second kappa shape index (κ2) is 10.5. The van der Waals surface area contributed by atoms with E-state index in [0.29, 0.717) is 12.0 Å². The quantitative estimate of drug-likeness (QED) is 0.327.